The lowest BCUT2D eigenvalue weighted by molar-refractivity contribution is 0.574. The molecule has 1 aromatic heterocycles. The number of nitrogens with zero attached hydrogens (tertiary/aromatic N) is 1. The van der Waals surface area contributed by atoms with Crippen molar-refractivity contribution in [3.8, 4) is 0 Å². The molecule has 2 nitrogen and oxygen atoms in total. The van der Waals surface area contributed by atoms with Crippen molar-refractivity contribution in [2.45, 2.75) is 19.4 Å². The van der Waals surface area contributed by atoms with Crippen LogP contribution in [0.1, 0.15) is 24.4 Å². The zero-order valence-electron chi connectivity index (χ0n) is 8.75. The van der Waals surface area contributed by atoms with E-state index in [1.165, 1.54) is 12.1 Å². The van der Waals surface area contributed by atoms with Crippen LogP contribution in [0.25, 0.3) is 10.2 Å². The summed E-state index contributed by atoms with van der Waals surface area (Å²) in [4.78, 5) is 4.43. The summed E-state index contributed by atoms with van der Waals surface area (Å²) < 4.78 is 14.0. The summed E-state index contributed by atoms with van der Waals surface area (Å²) in [6.45, 7) is 2.10. The minimum Gasteiger partial charge on any atom is -0.311 e. The van der Waals surface area contributed by atoms with Crippen LogP contribution in [0.3, 0.4) is 0 Å². The first-order valence-corrected chi connectivity index (χ1v) is 5.79. The molecule has 1 N–H and O–H groups in total. The van der Waals surface area contributed by atoms with Crippen LogP contribution in [0.4, 0.5) is 4.39 Å². The first kappa shape index (κ1) is 10.5. The smallest absolute Gasteiger partial charge is 0.125 e. The second-order valence-electron chi connectivity index (χ2n) is 3.41. The van der Waals surface area contributed by atoms with Crippen LogP contribution in [0, 0.1) is 5.82 Å². The fourth-order valence-corrected chi connectivity index (χ4v) is 2.71. The highest BCUT2D eigenvalue weighted by Crippen LogP contribution is 2.28. The predicted octanol–water partition coefficient (Wildman–Crippen LogP) is 3.11. The molecule has 80 valence electrons. The molecule has 1 heterocycles. The van der Waals surface area contributed by atoms with E-state index < -0.39 is 0 Å². The van der Waals surface area contributed by atoms with Crippen molar-refractivity contribution < 1.29 is 4.39 Å². The minimum absolute atomic E-state index is 0.225. The molecule has 1 aromatic carbocycles. The van der Waals surface area contributed by atoms with Gasteiger partial charge in [0.15, 0.2) is 0 Å². The third kappa shape index (κ3) is 2.01. The molecule has 0 aliphatic carbocycles. The molecular weight excluding hydrogens is 211 g/mol. The highest BCUT2D eigenvalue weighted by molar-refractivity contribution is 7.18. The van der Waals surface area contributed by atoms with Gasteiger partial charge in [-0.05, 0) is 25.6 Å². The number of thiazole rings is 1. The van der Waals surface area contributed by atoms with Crippen molar-refractivity contribution >= 4 is 21.6 Å². The monoisotopic (exact) mass is 224 g/mol. The molecule has 0 radical (unpaired) electrons. The average molecular weight is 224 g/mol. The predicted molar refractivity (Wildman–Crippen MR) is 61.7 cm³/mol. The van der Waals surface area contributed by atoms with Crippen LogP contribution in [0.15, 0.2) is 18.2 Å². The lowest BCUT2D eigenvalue weighted by atomic mass is 10.2. The summed E-state index contributed by atoms with van der Waals surface area (Å²) in [6.07, 6.45) is 0.985. The highest BCUT2D eigenvalue weighted by atomic mass is 32.1. The molecule has 2 rings (SSSR count). The van der Waals surface area contributed by atoms with Gasteiger partial charge in [0, 0.05) is 6.07 Å². The summed E-state index contributed by atoms with van der Waals surface area (Å²) in [7, 11) is 1.92. The number of rotatable bonds is 3. The third-order valence-electron chi connectivity index (χ3n) is 2.42. The minimum atomic E-state index is -0.225. The van der Waals surface area contributed by atoms with Gasteiger partial charge in [-0.25, -0.2) is 9.37 Å². The second-order valence-corrected chi connectivity index (χ2v) is 4.48. The fourth-order valence-electron chi connectivity index (χ4n) is 1.57. The number of fused-ring (bicyclic) bond motifs is 1. The molecule has 4 heteroatoms. The van der Waals surface area contributed by atoms with E-state index in [1.54, 1.807) is 17.4 Å². The van der Waals surface area contributed by atoms with Crippen LogP contribution in [-0.4, -0.2) is 12.0 Å². The Kier molecular flexibility index (Phi) is 2.98. The van der Waals surface area contributed by atoms with Crippen LogP contribution in [0.2, 0.25) is 0 Å². The van der Waals surface area contributed by atoms with Crippen molar-refractivity contribution in [2.24, 2.45) is 0 Å². The number of halogens is 1. The van der Waals surface area contributed by atoms with Crippen molar-refractivity contribution in [3.05, 3.63) is 29.0 Å². The molecule has 0 spiro atoms. The van der Waals surface area contributed by atoms with E-state index in [1.807, 2.05) is 7.05 Å². The van der Waals surface area contributed by atoms with E-state index in [0.29, 0.717) is 0 Å². The number of hydrogen-bond donors (Lipinski definition) is 1. The molecular formula is C11H13FN2S. The van der Waals surface area contributed by atoms with Gasteiger partial charge in [-0.2, -0.15) is 0 Å². The number of aromatic nitrogens is 1. The van der Waals surface area contributed by atoms with Crippen molar-refractivity contribution in [1.82, 2.24) is 10.3 Å². The van der Waals surface area contributed by atoms with E-state index in [9.17, 15) is 4.39 Å². The Balaban J connectivity index is 2.46. The van der Waals surface area contributed by atoms with Crippen molar-refractivity contribution in [1.29, 1.82) is 0 Å². The second kappa shape index (κ2) is 4.24. The molecule has 0 aliphatic heterocycles. The molecule has 0 bridgehead atoms. The third-order valence-corrected chi connectivity index (χ3v) is 3.57. The van der Waals surface area contributed by atoms with E-state index >= 15 is 0 Å². The highest BCUT2D eigenvalue weighted by Gasteiger charge is 2.12. The zero-order valence-corrected chi connectivity index (χ0v) is 9.57. The molecule has 15 heavy (non-hydrogen) atoms. The summed E-state index contributed by atoms with van der Waals surface area (Å²) in [5.74, 6) is -0.225. The van der Waals surface area contributed by atoms with Gasteiger partial charge in [-0.15, -0.1) is 11.3 Å². The van der Waals surface area contributed by atoms with E-state index in [4.69, 9.17) is 0 Å². The van der Waals surface area contributed by atoms with E-state index in [-0.39, 0.29) is 11.9 Å². The maximum atomic E-state index is 13.0. The molecule has 1 atom stereocenters. The fraction of sp³-hybridized carbons (Fsp3) is 0.364. The summed E-state index contributed by atoms with van der Waals surface area (Å²) in [6, 6.07) is 5.02. The zero-order chi connectivity index (χ0) is 10.8. The normalized spacial score (nSPS) is 13.3. The van der Waals surface area contributed by atoms with Gasteiger partial charge in [-0.3, -0.25) is 0 Å². The van der Waals surface area contributed by atoms with Gasteiger partial charge in [-0.1, -0.05) is 6.92 Å². The summed E-state index contributed by atoms with van der Waals surface area (Å²) in [5.41, 5.74) is 0.753. The molecule has 0 saturated carbocycles. The Labute approximate surface area is 92.1 Å². The van der Waals surface area contributed by atoms with Crippen LogP contribution < -0.4 is 5.32 Å². The van der Waals surface area contributed by atoms with Gasteiger partial charge in [0.2, 0.25) is 0 Å². The van der Waals surface area contributed by atoms with Crippen molar-refractivity contribution in [2.75, 3.05) is 7.05 Å². The Bertz CT molecular complexity index is 463. The van der Waals surface area contributed by atoms with Crippen molar-refractivity contribution in [3.63, 3.8) is 0 Å². The molecule has 0 aliphatic rings. The number of benzene rings is 1. The molecule has 0 fully saturated rings. The topological polar surface area (TPSA) is 24.9 Å². The van der Waals surface area contributed by atoms with Crippen LogP contribution in [0.5, 0.6) is 0 Å². The Hall–Kier alpha value is -1.00. The lowest BCUT2D eigenvalue weighted by Gasteiger charge is -2.08. The maximum Gasteiger partial charge on any atom is 0.125 e. The first-order valence-electron chi connectivity index (χ1n) is 4.98. The average Bonchev–Trinajstić information content (AvgIpc) is 2.62. The molecule has 0 amide bonds. The van der Waals surface area contributed by atoms with Gasteiger partial charge < -0.3 is 5.32 Å². The van der Waals surface area contributed by atoms with Gasteiger partial charge in [0.1, 0.15) is 10.8 Å². The quantitative estimate of drug-likeness (QED) is 0.866. The van der Waals surface area contributed by atoms with Gasteiger partial charge >= 0.3 is 0 Å². The number of nitrogens with one attached hydrogen (secondary N) is 1. The first-order chi connectivity index (χ1) is 7.24. The van der Waals surface area contributed by atoms with Crippen LogP contribution >= 0.6 is 11.3 Å². The molecule has 2 aromatic rings. The van der Waals surface area contributed by atoms with Gasteiger partial charge in [0.05, 0.1) is 16.3 Å². The Morgan fingerprint density at radius 1 is 1.53 bits per heavy atom. The standard InChI is InChI=1S/C11H13FN2S/c1-3-8(13-2)11-14-9-6-7(12)4-5-10(9)15-11/h4-6,8,13H,3H2,1-2H3. The van der Waals surface area contributed by atoms with Gasteiger partial charge in [0.25, 0.3) is 0 Å². The number of hydrogen-bond acceptors (Lipinski definition) is 3. The van der Waals surface area contributed by atoms with E-state index in [2.05, 4.69) is 17.2 Å². The maximum absolute atomic E-state index is 13.0. The Morgan fingerprint density at radius 3 is 3.00 bits per heavy atom. The SMILES string of the molecule is CCC(NC)c1nc2cc(F)ccc2s1. The van der Waals surface area contributed by atoms with E-state index in [0.717, 1.165) is 21.6 Å². The summed E-state index contributed by atoms with van der Waals surface area (Å²) >= 11 is 1.62. The Morgan fingerprint density at radius 2 is 2.33 bits per heavy atom. The lowest BCUT2D eigenvalue weighted by Crippen LogP contribution is -2.14. The van der Waals surface area contributed by atoms with Crippen LogP contribution in [-0.2, 0) is 0 Å². The summed E-state index contributed by atoms with van der Waals surface area (Å²) in [5, 5.41) is 4.23. The molecule has 1 unspecified atom stereocenters. The largest absolute Gasteiger partial charge is 0.311 e. The molecule has 0 saturated heterocycles.